The van der Waals surface area contributed by atoms with Gasteiger partial charge in [0.25, 0.3) is 0 Å². The van der Waals surface area contributed by atoms with Gasteiger partial charge in [-0.2, -0.15) is 0 Å². The summed E-state index contributed by atoms with van der Waals surface area (Å²) in [5, 5.41) is 11.5. The summed E-state index contributed by atoms with van der Waals surface area (Å²) >= 11 is 1.68. The monoisotopic (exact) mass is 372 g/mol. The number of hydrogen-bond acceptors (Lipinski definition) is 5. The Balaban J connectivity index is 1.92. The fraction of sp³-hybridized carbons (Fsp3) is 0.550. The normalized spacial score (nSPS) is 22.2. The molecule has 1 fully saturated rings. The highest BCUT2D eigenvalue weighted by Crippen LogP contribution is 2.45. The minimum absolute atomic E-state index is 0.0165. The van der Waals surface area contributed by atoms with E-state index in [1.54, 1.807) is 11.8 Å². The van der Waals surface area contributed by atoms with E-state index in [2.05, 4.69) is 49.1 Å². The van der Waals surface area contributed by atoms with Crippen molar-refractivity contribution < 1.29 is 5.11 Å². The second kappa shape index (κ2) is 6.50. The Morgan fingerprint density at radius 1 is 1.31 bits per heavy atom. The molecule has 1 aliphatic carbocycles. The minimum Gasteiger partial charge on any atom is -0.394 e. The molecule has 140 valence electrons. The number of aliphatic hydroxyl groups is 1. The van der Waals surface area contributed by atoms with E-state index in [9.17, 15) is 5.11 Å². The largest absolute Gasteiger partial charge is 0.394 e. The number of benzene rings is 1. The molecule has 1 atom stereocenters. The molecule has 0 amide bonds. The molecular weight excluding hydrogens is 344 g/mol. The Hall–Kier alpha value is -1.66. The van der Waals surface area contributed by atoms with Gasteiger partial charge >= 0.3 is 0 Å². The highest BCUT2D eigenvalue weighted by molar-refractivity contribution is 8.14. The molecule has 1 aromatic carbocycles. The molecule has 6 heteroatoms. The highest BCUT2D eigenvalue weighted by atomic mass is 32.2. The summed E-state index contributed by atoms with van der Waals surface area (Å²) in [5.74, 6) is 7.43. The van der Waals surface area contributed by atoms with Crippen LogP contribution in [0.15, 0.2) is 23.2 Å². The van der Waals surface area contributed by atoms with Crippen LogP contribution in [0.3, 0.4) is 0 Å². The first kappa shape index (κ1) is 17.7. The summed E-state index contributed by atoms with van der Waals surface area (Å²) in [5.41, 5.74) is 4.83. The summed E-state index contributed by atoms with van der Waals surface area (Å²) in [6.45, 7) is 2.47. The summed E-state index contributed by atoms with van der Waals surface area (Å²) in [4.78, 5) is 6.82. The third kappa shape index (κ3) is 2.79. The zero-order valence-electron chi connectivity index (χ0n) is 15.8. The van der Waals surface area contributed by atoms with Crippen LogP contribution < -0.4 is 10.7 Å². The van der Waals surface area contributed by atoms with Gasteiger partial charge in [0.15, 0.2) is 0 Å². The third-order valence-corrected chi connectivity index (χ3v) is 7.07. The smallest absolute Gasteiger partial charge is 0.117 e. The van der Waals surface area contributed by atoms with Gasteiger partial charge < -0.3 is 15.8 Å². The van der Waals surface area contributed by atoms with Crippen LogP contribution in [-0.4, -0.2) is 47.3 Å². The van der Waals surface area contributed by atoms with E-state index >= 15 is 0 Å². The zero-order chi connectivity index (χ0) is 18.5. The van der Waals surface area contributed by atoms with E-state index in [0.29, 0.717) is 0 Å². The fourth-order valence-corrected chi connectivity index (χ4v) is 5.37. The van der Waals surface area contributed by atoms with Crippen LogP contribution in [0.1, 0.15) is 43.9 Å². The van der Waals surface area contributed by atoms with Gasteiger partial charge in [-0.25, -0.2) is 0 Å². The number of aromatic nitrogens is 1. The molecule has 1 unspecified atom stereocenters. The van der Waals surface area contributed by atoms with Gasteiger partial charge in [0.1, 0.15) is 5.04 Å². The first-order valence-electron chi connectivity index (χ1n) is 9.37. The number of aliphatic hydroxyl groups excluding tert-OH is 1. The molecule has 2 aliphatic rings. The molecule has 0 spiro atoms. The Labute approximate surface area is 159 Å². The maximum atomic E-state index is 9.39. The maximum absolute atomic E-state index is 9.39. The molecular formula is C20H28N4OS. The molecule has 5 nitrogen and oxygen atoms in total. The number of anilines is 1. The highest BCUT2D eigenvalue weighted by Gasteiger charge is 2.34. The van der Waals surface area contributed by atoms with Gasteiger partial charge in [0, 0.05) is 30.9 Å². The first-order chi connectivity index (χ1) is 12.4. The van der Waals surface area contributed by atoms with Crippen molar-refractivity contribution in [2.75, 3.05) is 37.2 Å². The van der Waals surface area contributed by atoms with Gasteiger partial charge in [-0.05, 0) is 42.0 Å². The molecule has 1 aromatic heterocycles. The molecule has 0 radical (unpaired) electrons. The topological polar surface area (TPSA) is 66.8 Å². The number of nitrogens with zero attached hydrogens (tertiary/aromatic N) is 3. The average molecular weight is 373 g/mol. The van der Waals surface area contributed by atoms with Crippen LogP contribution >= 0.6 is 11.8 Å². The second-order valence-electron chi connectivity index (χ2n) is 8.07. The Morgan fingerprint density at radius 2 is 2.04 bits per heavy atom. The van der Waals surface area contributed by atoms with Gasteiger partial charge in [-0.3, -0.25) is 9.67 Å². The van der Waals surface area contributed by atoms with Crippen molar-refractivity contribution in [3.8, 4) is 0 Å². The molecule has 3 N–H and O–H groups in total. The Morgan fingerprint density at radius 3 is 2.65 bits per heavy atom. The third-order valence-electron chi connectivity index (χ3n) is 5.93. The van der Waals surface area contributed by atoms with E-state index in [1.807, 2.05) is 4.68 Å². The predicted octanol–water partition coefficient (Wildman–Crippen LogP) is 3.11. The summed E-state index contributed by atoms with van der Waals surface area (Å²) < 4.78 is 1.83. The molecule has 2 heterocycles. The standard InChI is InChI=1S/C20H28N4OS/c1-20(6-4-5-7-20)16-10-15(23(2)3)8-13-9-17(24(21)18(13)16)19-22-14(11-25)12-26-19/h8-10,14,25H,4-7,11-12,21H2,1-3H3. The first-order valence-corrected chi connectivity index (χ1v) is 10.4. The average Bonchev–Trinajstić information content (AvgIpc) is 3.33. The van der Waals surface area contributed by atoms with E-state index in [4.69, 9.17) is 5.84 Å². The molecule has 1 aliphatic heterocycles. The number of nitrogens with two attached hydrogens (primary N) is 1. The van der Waals surface area contributed by atoms with Gasteiger partial charge in [-0.1, -0.05) is 19.8 Å². The second-order valence-corrected chi connectivity index (χ2v) is 9.08. The number of rotatable bonds is 4. The van der Waals surface area contributed by atoms with Crippen LogP contribution in [0.2, 0.25) is 0 Å². The van der Waals surface area contributed by atoms with Crippen molar-refractivity contribution >= 4 is 33.4 Å². The lowest BCUT2D eigenvalue weighted by Crippen LogP contribution is -2.22. The quantitative estimate of drug-likeness (QED) is 0.810. The summed E-state index contributed by atoms with van der Waals surface area (Å²) in [6.07, 6.45) is 4.98. The molecule has 4 rings (SSSR count). The van der Waals surface area contributed by atoms with Crippen LogP contribution in [0, 0.1) is 0 Å². The van der Waals surface area contributed by atoms with Crippen LogP contribution in [0.25, 0.3) is 10.9 Å². The van der Waals surface area contributed by atoms with Crippen molar-refractivity contribution in [2.24, 2.45) is 4.99 Å². The van der Waals surface area contributed by atoms with E-state index in [0.717, 1.165) is 22.0 Å². The van der Waals surface area contributed by atoms with Crippen molar-refractivity contribution in [3.63, 3.8) is 0 Å². The minimum atomic E-state index is -0.0165. The lowest BCUT2D eigenvalue weighted by Gasteiger charge is -2.27. The number of fused-ring (bicyclic) bond motifs is 1. The number of hydrogen-bond donors (Lipinski definition) is 2. The fourth-order valence-electron chi connectivity index (χ4n) is 4.31. The van der Waals surface area contributed by atoms with E-state index in [-0.39, 0.29) is 18.1 Å². The molecule has 26 heavy (non-hydrogen) atoms. The number of aliphatic imine (C=N–C) groups is 1. The van der Waals surface area contributed by atoms with Crippen LogP contribution in [0.4, 0.5) is 5.69 Å². The van der Waals surface area contributed by atoms with Gasteiger partial charge in [0.05, 0.1) is 23.9 Å². The van der Waals surface area contributed by atoms with Crippen LogP contribution in [0.5, 0.6) is 0 Å². The Kier molecular flexibility index (Phi) is 4.43. The molecule has 1 saturated carbocycles. The Bertz CT molecular complexity index is 864. The maximum Gasteiger partial charge on any atom is 0.117 e. The van der Waals surface area contributed by atoms with Crippen molar-refractivity contribution in [1.29, 1.82) is 0 Å². The molecule has 0 saturated heterocycles. The van der Waals surface area contributed by atoms with E-state index in [1.165, 1.54) is 42.3 Å². The SMILES string of the molecule is CN(C)c1cc(C2(C)CCCC2)c2c(c1)cc(C1=NC(CO)CS1)n2N. The van der Waals surface area contributed by atoms with Gasteiger partial charge in [-0.15, -0.1) is 11.8 Å². The van der Waals surface area contributed by atoms with Crippen LogP contribution in [-0.2, 0) is 5.41 Å². The molecule has 2 aromatic rings. The van der Waals surface area contributed by atoms with Crippen molar-refractivity contribution in [2.45, 2.75) is 44.1 Å². The zero-order valence-corrected chi connectivity index (χ0v) is 16.6. The predicted molar refractivity (Wildman–Crippen MR) is 112 cm³/mol. The van der Waals surface area contributed by atoms with E-state index < -0.39 is 0 Å². The number of nitrogen functional groups attached to an aromatic ring is 1. The van der Waals surface area contributed by atoms with Gasteiger partial charge in [0.2, 0.25) is 0 Å². The summed E-state index contributed by atoms with van der Waals surface area (Å²) in [6, 6.07) is 6.68. The molecule has 0 bridgehead atoms. The number of thioether (sulfide) groups is 1. The summed E-state index contributed by atoms with van der Waals surface area (Å²) in [7, 11) is 4.18. The lowest BCUT2D eigenvalue weighted by molar-refractivity contribution is 0.277. The van der Waals surface area contributed by atoms with Crippen molar-refractivity contribution in [1.82, 2.24) is 4.68 Å². The van der Waals surface area contributed by atoms with Crippen molar-refractivity contribution in [3.05, 3.63) is 29.5 Å². The lowest BCUT2D eigenvalue weighted by atomic mass is 9.80.